The highest BCUT2D eigenvalue weighted by atomic mass is 16.2. The molecule has 3 rings (SSSR count). The van der Waals surface area contributed by atoms with E-state index in [0.29, 0.717) is 6.54 Å². The second kappa shape index (κ2) is 6.51. The molecule has 2 aromatic rings. The number of pyridine rings is 1. The molecular formula is C16H19N5O. The van der Waals surface area contributed by atoms with Crippen molar-refractivity contribution in [2.75, 3.05) is 18.4 Å². The molecule has 1 aliphatic rings. The van der Waals surface area contributed by atoms with Gasteiger partial charge < -0.3 is 10.2 Å². The van der Waals surface area contributed by atoms with Crippen molar-refractivity contribution in [2.24, 2.45) is 0 Å². The van der Waals surface area contributed by atoms with Crippen molar-refractivity contribution >= 4 is 17.5 Å². The molecule has 1 saturated heterocycles. The van der Waals surface area contributed by atoms with Crippen LogP contribution in [0.1, 0.15) is 31.4 Å². The average molecular weight is 297 g/mol. The van der Waals surface area contributed by atoms with Crippen molar-refractivity contribution in [1.29, 1.82) is 0 Å². The van der Waals surface area contributed by atoms with Crippen molar-refractivity contribution < 1.29 is 4.79 Å². The van der Waals surface area contributed by atoms with Crippen LogP contribution in [-0.2, 0) is 4.79 Å². The molecule has 6 heteroatoms. The quantitative estimate of drug-likeness (QED) is 0.941. The Morgan fingerprint density at radius 2 is 2.09 bits per heavy atom. The van der Waals surface area contributed by atoms with Crippen LogP contribution < -0.4 is 5.32 Å². The Morgan fingerprint density at radius 1 is 1.23 bits per heavy atom. The number of carbonyl (C=O) groups excluding carboxylic acids is 1. The zero-order valence-electron chi connectivity index (χ0n) is 12.6. The summed E-state index contributed by atoms with van der Waals surface area (Å²) in [6.07, 6.45) is 7.10. The first-order valence-corrected chi connectivity index (χ1v) is 7.48. The fourth-order valence-corrected chi connectivity index (χ4v) is 2.79. The van der Waals surface area contributed by atoms with Gasteiger partial charge in [0.2, 0.25) is 5.91 Å². The van der Waals surface area contributed by atoms with Crippen LogP contribution in [0, 0.1) is 0 Å². The zero-order valence-corrected chi connectivity index (χ0v) is 12.6. The summed E-state index contributed by atoms with van der Waals surface area (Å²) in [5.41, 5.74) is 0.902. The lowest BCUT2D eigenvalue weighted by Crippen LogP contribution is -2.38. The number of hydrogen-bond donors (Lipinski definition) is 1. The first-order chi connectivity index (χ1) is 10.7. The summed E-state index contributed by atoms with van der Waals surface area (Å²) < 4.78 is 0. The Morgan fingerprint density at radius 3 is 2.86 bits per heavy atom. The van der Waals surface area contributed by atoms with E-state index in [1.807, 2.05) is 23.1 Å². The number of nitrogens with one attached hydrogen (secondary N) is 1. The topological polar surface area (TPSA) is 71.0 Å². The number of amides is 1. The van der Waals surface area contributed by atoms with Crippen molar-refractivity contribution in [3.63, 3.8) is 0 Å². The highest BCUT2D eigenvalue weighted by Gasteiger charge is 2.26. The molecule has 22 heavy (non-hydrogen) atoms. The van der Waals surface area contributed by atoms with Crippen LogP contribution in [0.2, 0.25) is 0 Å². The van der Waals surface area contributed by atoms with Crippen LogP contribution in [0.3, 0.4) is 0 Å². The van der Waals surface area contributed by atoms with Crippen LogP contribution in [0.15, 0.2) is 36.8 Å². The van der Waals surface area contributed by atoms with E-state index in [4.69, 9.17) is 0 Å². The fourth-order valence-electron chi connectivity index (χ4n) is 2.79. The molecule has 1 aliphatic heterocycles. The second-order valence-electron chi connectivity index (χ2n) is 5.43. The van der Waals surface area contributed by atoms with E-state index in [1.165, 1.54) is 0 Å². The van der Waals surface area contributed by atoms with E-state index in [9.17, 15) is 4.79 Å². The Bertz CT molecular complexity index is 646. The van der Waals surface area contributed by atoms with Gasteiger partial charge in [0.05, 0.1) is 5.69 Å². The molecule has 1 amide bonds. The van der Waals surface area contributed by atoms with Gasteiger partial charge in [-0.3, -0.25) is 9.78 Å². The summed E-state index contributed by atoms with van der Waals surface area (Å²) in [7, 11) is 0. The molecule has 0 saturated carbocycles. The number of rotatable bonds is 3. The third kappa shape index (κ3) is 3.21. The minimum Gasteiger partial charge on any atom is -0.342 e. The second-order valence-corrected chi connectivity index (χ2v) is 5.43. The average Bonchev–Trinajstić information content (AvgIpc) is 2.56. The number of likely N-dealkylation sites (tertiary alicyclic amines) is 1. The van der Waals surface area contributed by atoms with E-state index >= 15 is 0 Å². The SMILES string of the molecule is CC(=O)N1CCC[C@H](c2nccnc2Nc2ccccn2)C1. The van der Waals surface area contributed by atoms with Crippen LogP contribution in [0.25, 0.3) is 0 Å². The van der Waals surface area contributed by atoms with Gasteiger partial charge >= 0.3 is 0 Å². The number of nitrogens with zero attached hydrogens (tertiary/aromatic N) is 4. The Labute approximate surface area is 129 Å². The van der Waals surface area contributed by atoms with Gasteiger partial charge in [-0.25, -0.2) is 9.97 Å². The molecule has 114 valence electrons. The number of aromatic nitrogens is 3. The Kier molecular flexibility index (Phi) is 4.27. The predicted octanol–water partition coefficient (Wildman–Crippen LogP) is 2.34. The van der Waals surface area contributed by atoms with E-state index in [-0.39, 0.29) is 11.8 Å². The summed E-state index contributed by atoms with van der Waals surface area (Å²) >= 11 is 0. The zero-order chi connectivity index (χ0) is 15.4. The molecular weight excluding hydrogens is 278 g/mol. The molecule has 0 aromatic carbocycles. The molecule has 3 heterocycles. The number of carbonyl (C=O) groups is 1. The van der Waals surface area contributed by atoms with Gasteiger partial charge in [-0.15, -0.1) is 0 Å². The first-order valence-electron chi connectivity index (χ1n) is 7.48. The predicted molar refractivity (Wildman–Crippen MR) is 83.8 cm³/mol. The van der Waals surface area contributed by atoms with Crippen molar-refractivity contribution in [2.45, 2.75) is 25.7 Å². The molecule has 2 aromatic heterocycles. The number of anilines is 2. The van der Waals surface area contributed by atoms with Gasteiger partial charge in [0, 0.05) is 44.5 Å². The van der Waals surface area contributed by atoms with Gasteiger partial charge in [0.1, 0.15) is 5.82 Å². The minimum absolute atomic E-state index is 0.118. The van der Waals surface area contributed by atoms with Crippen LogP contribution in [0.5, 0.6) is 0 Å². The lowest BCUT2D eigenvalue weighted by atomic mass is 9.94. The maximum absolute atomic E-state index is 11.6. The van der Waals surface area contributed by atoms with Gasteiger partial charge in [-0.2, -0.15) is 0 Å². The molecule has 1 N–H and O–H groups in total. The van der Waals surface area contributed by atoms with Crippen LogP contribution in [-0.4, -0.2) is 38.8 Å². The highest BCUT2D eigenvalue weighted by molar-refractivity contribution is 5.73. The van der Waals surface area contributed by atoms with E-state index in [1.54, 1.807) is 25.5 Å². The minimum atomic E-state index is 0.118. The summed E-state index contributed by atoms with van der Waals surface area (Å²) in [5, 5.41) is 3.23. The molecule has 0 aliphatic carbocycles. The van der Waals surface area contributed by atoms with E-state index in [0.717, 1.165) is 36.7 Å². The maximum atomic E-state index is 11.6. The molecule has 1 fully saturated rings. The van der Waals surface area contributed by atoms with Crippen molar-refractivity contribution in [1.82, 2.24) is 19.9 Å². The Hall–Kier alpha value is -2.50. The molecule has 0 unspecified atom stereocenters. The van der Waals surface area contributed by atoms with Gasteiger partial charge in [0.25, 0.3) is 0 Å². The highest BCUT2D eigenvalue weighted by Crippen LogP contribution is 2.30. The fraction of sp³-hybridized carbons (Fsp3) is 0.375. The third-order valence-electron chi connectivity index (χ3n) is 3.89. The molecule has 0 bridgehead atoms. The van der Waals surface area contributed by atoms with E-state index in [2.05, 4.69) is 20.3 Å². The van der Waals surface area contributed by atoms with Gasteiger partial charge in [-0.1, -0.05) is 6.07 Å². The van der Waals surface area contributed by atoms with Crippen LogP contribution in [0.4, 0.5) is 11.6 Å². The van der Waals surface area contributed by atoms with Crippen LogP contribution >= 0.6 is 0 Å². The molecule has 0 spiro atoms. The summed E-state index contributed by atoms with van der Waals surface area (Å²) in [6.45, 7) is 3.14. The van der Waals surface area contributed by atoms with Crippen molar-refractivity contribution in [3.05, 3.63) is 42.5 Å². The van der Waals surface area contributed by atoms with Crippen molar-refractivity contribution in [3.8, 4) is 0 Å². The van der Waals surface area contributed by atoms with Gasteiger partial charge in [-0.05, 0) is 25.0 Å². The monoisotopic (exact) mass is 297 g/mol. The third-order valence-corrected chi connectivity index (χ3v) is 3.89. The molecule has 6 nitrogen and oxygen atoms in total. The largest absolute Gasteiger partial charge is 0.342 e. The smallest absolute Gasteiger partial charge is 0.219 e. The lowest BCUT2D eigenvalue weighted by Gasteiger charge is -2.32. The first kappa shape index (κ1) is 14.4. The lowest BCUT2D eigenvalue weighted by molar-refractivity contribution is -0.130. The summed E-state index contributed by atoms with van der Waals surface area (Å²) in [5.74, 6) is 1.78. The summed E-state index contributed by atoms with van der Waals surface area (Å²) in [4.78, 5) is 26.7. The van der Waals surface area contributed by atoms with E-state index < -0.39 is 0 Å². The normalized spacial score (nSPS) is 18.0. The number of piperidine rings is 1. The number of hydrogen-bond acceptors (Lipinski definition) is 5. The Balaban J connectivity index is 1.83. The van der Waals surface area contributed by atoms with Gasteiger partial charge in [0.15, 0.2) is 5.82 Å². The summed E-state index contributed by atoms with van der Waals surface area (Å²) in [6, 6.07) is 5.68. The standard InChI is InChI=1S/C16H19N5O/c1-12(22)21-10-4-5-13(11-21)15-16(19-9-8-18-15)20-14-6-2-3-7-17-14/h2-3,6-9,13H,4-5,10-11H2,1H3,(H,17,19,20)/t13-/m0/s1. The molecule has 1 atom stereocenters. The molecule has 0 radical (unpaired) electrons. The maximum Gasteiger partial charge on any atom is 0.219 e.